The average Bonchev–Trinajstić information content (AvgIpc) is 1.37. The molecule has 3 N–H and O–H groups in total. The lowest BCUT2D eigenvalue weighted by atomic mass is 9.51. The third kappa shape index (κ3) is 17.1. The van der Waals surface area contributed by atoms with Crippen LogP contribution in [0.4, 0.5) is 43.9 Å². The van der Waals surface area contributed by atoms with Gasteiger partial charge in [0.25, 0.3) is 12.6 Å². The number of rotatable bonds is 12. The quantitative estimate of drug-likeness (QED) is 0.0928. The van der Waals surface area contributed by atoms with Crippen molar-refractivity contribution in [3.8, 4) is 0 Å². The van der Waals surface area contributed by atoms with Gasteiger partial charge in [-0.3, -0.25) is 28.8 Å². The van der Waals surface area contributed by atoms with Gasteiger partial charge in [0.15, 0.2) is 18.0 Å². The summed E-state index contributed by atoms with van der Waals surface area (Å²) < 4.78 is 216. The second-order valence-electron chi connectivity index (χ2n) is 39.6. The van der Waals surface area contributed by atoms with E-state index in [1.165, 1.54) is 25.6 Å². The number of alkyl halides is 10. The van der Waals surface area contributed by atoms with Gasteiger partial charge in [-0.25, -0.2) is 28.8 Å². The van der Waals surface area contributed by atoms with Crippen molar-refractivity contribution in [1.29, 1.82) is 0 Å². The zero-order valence-electron chi connectivity index (χ0n) is 71.4. The third-order valence-corrected chi connectivity index (χ3v) is 46.3. The maximum absolute atomic E-state index is 13.5. The first kappa shape index (κ1) is 96.3. The van der Waals surface area contributed by atoms with Crippen molar-refractivity contribution in [2.75, 3.05) is 0 Å². The topological polar surface area (TPSA) is 413 Å². The minimum absolute atomic E-state index is 0.0401. The Hall–Kier alpha value is -4.54. The van der Waals surface area contributed by atoms with E-state index in [2.05, 4.69) is 0 Å². The SMILES string of the molecule is CC(=O)OC1OC(=O)C2OC3(OC12)C1CC2CC3CC(OC(=O)C(C)(F)F)(C2)C1.CC(=O)OC1OC(=O)C2SC3(SC12)C1CC2CC3CC(OC(=O)C(C)(F)F)(C2)C1.CC(F)(F)C(=O)OC1CC2CC1CC21SC2C(=O)OC(O)C2S1.CC(F)(F)C(=O)OC1CC2CC1CC21SC2OC3C(O)OC(=O)C3C2S1.CC(F)(F)C(=O)OC1CCC2(CC1)SC1OC3C(O)OC(=O)C3C1S2. The molecule has 25 aliphatic rings. The number of cyclic esters (lactones) is 5. The van der Waals surface area contributed by atoms with Gasteiger partial charge < -0.3 is 91.1 Å². The molecule has 132 heavy (non-hydrogen) atoms. The minimum atomic E-state index is -3.56. The van der Waals surface area contributed by atoms with Crippen LogP contribution >= 0.6 is 94.1 Å². The molecule has 31 atom stereocenters. The first-order chi connectivity index (χ1) is 61.6. The molecule has 732 valence electrons. The highest BCUT2D eigenvalue weighted by atomic mass is 32.2. The summed E-state index contributed by atoms with van der Waals surface area (Å²) in [6.07, 6.45) is 2.72. The second kappa shape index (κ2) is 33.6. The molecule has 0 amide bonds. The Kier molecular flexibility index (Phi) is 24.5. The number of hydrogen-bond donors (Lipinski definition) is 3. The molecule has 0 radical (unpaired) electrons. The van der Waals surface area contributed by atoms with Gasteiger partial charge in [0.1, 0.15) is 80.2 Å². The molecule has 12 bridgehead atoms. The fraction of sp³-hybridized carbons (Fsp3) is 0.855. The molecule has 31 unspecified atom stereocenters. The molecule has 5 spiro atoms. The predicted molar refractivity (Wildman–Crippen MR) is 438 cm³/mol. The van der Waals surface area contributed by atoms with Gasteiger partial charge >= 0.3 is 101 Å². The standard InChI is InChI=1S/C19H22F2O8.C19H22F2O6S2.C16H18F2O6S2.C15H18F2O6S2.C14H16F2O5S2/c1-8(22)25-15-13-12(14(23)26-15)27-19(28-13)10-3-9-4-11(19)7-18(5-9,6-10)29-16(24)17(2,20)21;1-8(22)25-15-13-12(14(23)26-15)28-19(29-13)10-3-9-4-11(19)7-18(5-9,6-10)27-16(24)17(2,20)21;1-15(17,18)14(21)22-7-3-6-2-5(7)4-16(6)25-10-8-9(23-13(10)26-16)12(20)24-11(8)19;1-14(16,17)13(20)21-6-2-4-15(5-3-6)24-9-7-8(22-12(9)25-15)11(19)23-10(7)18;1-13(15,16)12(19)20-7-3-6-2-5(7)4-14(6)22-8-9(23-14)11(18)21-10(8)17/h2*9-13,15H,3-7H2,1-2H3;5-10,12-13,20H,2-4H2,1H3;6-9,11-12,19H,2-5H2,1H3;5-10,17H,2-4H2,1H3. The second-order valence-corrected chi connectivity index (χ2v) is 52.4. The van der Waals surface area contributed by atoms with Gasteiger partial charge in [-0.05, 0) is 176 Å². The van der Waals surface area contributed by atoms with E-state index >= 15 is 0 Å². The molecule has 25 fully saturated rings. The summed E-state index contributed by atoms with van der Waals surface area (Å²) in [7, 11) is 0. The van der Waals surface area contributed by atoms with Crippen LogP contribution < -0.4 is 0 Å². The van der Waals surface area contributed by atoms with Crippen molar-refractivity contribution in [2.24, 2.45) is 71.0 Å². The highest BCUT2D eigenvalue weighted by Crippen LogP contribution is 2.77. The number of carbonyl (C=O) groups excluding carboxylic acids is 12. The Morgan fingerprint density at radius 2 is 0.811 bits per heavy atom. The van der Waals surface area contributed by atoms with Crippen LogP contribution in [-0.4, -0.2) is 266 Å². The Morgan fingerprint density at radius 1 is 0.386 bits per heavy atom. The molecular formula is C83H96F10O31S8. The first-order valence-electron chi connectivity index (χ1n) is 44.1. The van der Waals surface area contributed by atoms with Crippen LogP contribution in [0.2, 0.25) is 0 Å². The number of hydrogen-bond acceptors (Lipinski definition) is 39. The molecule has 13 saturated carbocycles. The number of fused-ring (bicyclic) bond motifs is 15. The number of aliphatic hydroxyl groups excluding tert-OH is 3. The Labute approximate surface area is 780 Å². The predicted octanol–water partition coefficient (Wildman–Crippen LogP) is 10.2. The number of esters is 12. The summed E-state index contributed by atoms with van der Waals surface area (Å²) in [6, 6.07) is 0. The average molecular weight is 2040 g/mol. The maximum Gasteiger partial charge on any atom is 0.377 e. The van der Waals surface area contributed by atoms with E-state index in [4.69, 9.17) is 75.8 Å². The van der Waals surface area contributed by atoms with Gasteiger partial charge in [-0.15, -0.1) is 94.1 Å². The highest BCUT2D eigenvalue weighted by molar-refractivity contribution is 8.23. The largest absolute Gasteiger partial charge is 0.458 e. The van der Waals surface area contributed by atoms with Gasteiger partial charge in [0.2, 0.25) is 18.9 Å². The summed E-state index contributed by atoms with van der Waals surface area (Å²) in [5.74, 6) is -29.3. The summed E-state index contributed by atoms with van der Waals surface area (Å²) in [6.45, 7) is 5.22. The van der Waals surface area contributed by atoms with Gasteiger partial charge in [-0.1, -0.05) is 0 Å². The number of thioether (sulfide) groups is 8. The number of aliphatic hydroxyl groups is 3. The molecule has 12 aliphatic heterocycles. The van der Waals surface area contributed by atoms with Crippen LogP contribution in [0.1, 0.15) is 177 Å². The van der Waals surface area contributed by atoms with Crippen LogP contribution in [0.3, 0.4) is 0 Å². The van der Waals surface area contributed by atoms with Crippen molar-refractivity contribution in [3.05, 3.63) is 0 Å². The van der Waals surface area contributed by atoms with E-state index in [1.807, 2.05) is 0 Å². The lowest BCUT2D eigenvalue weighted by Crippen LogP contribution is -2.66. The van der Waals surface area contributed by atoms with Crippen LogP contribution in [0, 0.1) is 71.0 Å². The van der Waals surface area contributed by atoms with Crippen molar-refractivity contribution in [1.82, 2.24) is 0 Å². The van der Waals surface area contributed by atoms with E-state index in [0.29, 0.717) is 124 Å². The molecule has 0 aromatic carbocycles. The number of ether oxygens (including phenoxy) is 16. The first-order valence-corrected chi connectivity index (χ1v) is 51.1. The molecule has 31 nitrogen and oxygen atoms in total. The highest BCUT2D eigenvalue weighted by Gasteiger charge is 2.77. The summed E-state index contributed by atoms with van der Waals surface area (Å²) in [4.78, 5) is 141. The van der Waals surface area contributed by atoms with Crippen molar-refractivity contribution in [3.63, 3.8) is 0 Å². The number of carbonyl (C=O) groups is 12. The van der Waals surface area contributed by atoms with Crippen molar-refractivity contribution in [2.45, 2.75) is 356 Å². The third-order valence-electron chi connectivity index (χ3n) is 30.1. The van der Waals surface area contributed by atoms with E-state index < -0.39 is 198 Å². The van der Waals surface area contributed by atoms with Crippen LogP contribution in [0.5, 0.6) is 0 Å². The van der Waals surface area contributed by atoms with E-state index in [-0.39, 0.29) is 119 Å². The Balaban J connectivity index is 0.000000107. The summed E-state index contributed by atoms with van der Waals surface area (Å²) in [5, 5.41) is 27.8. The van der Waals surface area contributed by atoms with Gasteiger partial charge in [-0.2, -0.15) is 43.9 Å². The molecule has 12 heterocycles. The van der Waals surface area contributed by atoms with E-state index in [0.717, 1.165) is 44.9 Å². The number of halogens is 10. The minimum Gasteiger partial charge on any atom is -0.458 e. The summed E-state index contributed by atoms with van der Waals surface area (Å²) >= 11 is 13.0. The Morgan fingerprint density at radius 3 is 1.29 bits per heavy atom. The fourth-order valence-electron chi connectivity index (χ4n) is 25.1. The molecule has 13 aliphatic carbocycles. The normalized spacial score (nSPS) is 48.0. The zero-order chi connectivity index (χ0) is 94.5. The van der Waals surface area contributed by atoms with E-state index in [1.54, 1.807) is 82.3 Å². The molecule has 0 aromatic rings. The lowest BCUT2D eigenvalue weighted by Gasteiger charge is -2.63. The van der Waals surface area contributed by atoms with Crippen LogP contribution in [0.15, 0.2) is 0 Å². The molecule has 12 saturated heterocycles. The molecule has 0 aromatic heterocycles. The molecular weight excluding hydrogens is 1940 g/mol. The van der Waals surface area contributed by atoms with E-state index in [9.17, 15) is 117 Å². The monoisotopic (exact) mass is 2030 g/mol. The molecule has 49 heteroatoms. The van der Waals surface area contributed by atoms with Crippen LogP contribution in [-0.2, 0) is 133 Å². The Bertz CT molecular complexity index is 4540. The zero-order valence-corrected chi connectivity index (χ0v) is 78.0. The van der Waals surface area contributed by atoms with Gasteiger partial charge in [0.05, 0.1) is 32.1 Å². The maximum atomic E-state index is 13.5. The van der Waals surface area contributed by atoms with Gasteiger partial charge in [0, 0.05) is 60.3 Å². The smallest absolute Gasteiger partial charge is 0.377 e. The summed E-state index contributed by atoms with van der Waals surface area (Å²) in [5.41, 5.74) is -2.16. The van der Waals surface area contributed by atoms with Crippen LogP contribution in [0.25, 0.3) is 0 Å². The fourth-order valence-corrected chi connectivity index (χ4v) is 42.4. The van der Waals surface area contributed by atoms with Crippen molar-refractivity contribution >= 4 is 166 Å². The van der Waals surface area contributed by atoms with Crippen molar-refractivity contribution < 1.29 is 193 Å². The molecule has 25 rings (SSSR count). The lowest BCUT2D eigenvalue weighted by molar-refractivity contribution is -0.334.